The van der Waals surface area contributed by atoms with Crippen molar-refractivity contribution in [2.45, 2.75) is 6.54 Å². The van der Waals surface area contributed by atoms with E-state index >= 15 is 0 Å². The van der Waals surface area contributed by atoms with Gasteiger partial charge in [-0.15, -0.1) is 0 Å². The molecule has 22 heavy (non-hydrogen) atoms. The third-order valence-corrected chi connectivity index (χ3v) is 4.01. The molecule has 5 nitrogen and oxygen atoms in total. The van der Waals surface area contributed by atoms with E-state index in [1.54, 1.807) is 6.26 Å². The summed E-state index contributed by atoms with van der Waals surface area (Å²) in [5, 5.41) is 0. The second kappa shape index (κ2) is 6.66. The number of hydrogen-bond acceptors (Lipinski definition) is 5. The molecule has 1 aromatic heterocycles. The van der Waals surface area contributed by atoms with Crippen molar-refractivity contribution in [3.8, 4) is 0 Å². The number of esters is 1. The molecule has 3 rings (SSSR count). The number of benzene rings is 1. The quantitative estimate of drug-likeness (QED) is 0.811. The topological polar surface area (TPSA) is 45.9 Å². The Kier molecular flexibility index (Phi) is 4.44. The Balaban J connectivity index is 1.59. The molecule has 0 amide bonds. The molecule has 116 valence electrons. The third-order valence-electron chi connectivity index (χ3n) is 4.01. The normalized spacial score (nSPS) is 15.8. The number of carbonyl (C=O) groups excluding carboxylic acids is 1. The molecule has 0 atom stereocenters. The maximum Gasteiger partial charge on any atom is 0.374 e. The van der Waals surface area contributed by atoms with Crippen LogP contribution in [-0.2, 0) is 11.3 Å². The molecule has 1 saturated heterocycles. The highest BCUT2D eigenvalue weighted by atomic mass is 16.5. The lowest BCUT2D eigenvalue weighted by Crippen LogP contribution is -2.46. The number of piperazine rings is 1. The van der Waals surface area contributed by atoms with Gasteiger partial charge in [0.05, 0.1) is 13.4 Å². The average Bonchev–Trinajstić information content (AvgIpc) is 3.04. The van der Waals surface area contributed by atoms with Gasteiger partial charge >= 0.3 is 5.97 Å². The van der Waals surface area contributed by atoms with Gasteiger partial charge in [-0.1, -0.05) is 18.2 Å². The number of methoxy groups -OCH3 is 1. The van der Waals surface area contributed by atoms with Crippen molar-refractivity contribution in [1.29, 1.82) is 0 Å². The molecule has 0 radical (unpaired) electrons. The number of hydrogen-bond donors (Lipinski definition) is 0. The zero-order valence-corrected chi connectivity index (χ0v) is 12.7. The standard InChI is InChI=1S/C17H20N2O3/c1-21-17(20)16-14(7-12-22-16)13-18-8-10-19(11-9-18)15-5-3-2-4-6-15/h2-7,12H,8-11,13H2,1H3. The lowest BCUT2D eigenvalue weighted by molar-refractivity contribution is 0.0561. The van der Waals surface area contributed by atoms with Gasteiger partial charge in [0.2, 0.25) is 5.76 Å². The molecule has 1 aliphatic rings. The second-order valence-corrected chi connectivity index (χ2v) is 5.37. The van der Waals surface area contributed by atoms with Crippen LogP contribution in [0.3, 0.4) is 0 Å². The molecule has 1 aromatic carbocycles. The summed E-state index contributed by atoms with van der Waals surface area (Å²) < 4.78 is 9.98. The van der Waals surface area contributed by atoms with Gasteiger partial charge in [-0.25, -0.2) is 4.79 Å². The van der Waals surface area contributed by atoms with E-state index in [0.717, 1.165) is 31.7 Å². The smallest absolute Gasteiger partial charge is 0.374 e. The molecule has 0 spiro atoms. The Bertz CT molecular complexity index is 616. The van der Waals surface area contributed by atoms with Crippen LogP contribution in [0.15, 0.2) is 47.1 Å². The second-order valence-electron chi connectivity index (χ2n) is 5.37. The summed E-state index contributed by atoms with van der Waals surface area (Å²) in [6.07, 6.45) is 1.54. The van der Waals surface area contributed by atoms with Gasteiger partial charge < -0.3 is 14.1 Å². The first kappa shape index (κ1) is 14.7. The van der Waals surface area contributed by atoms with E-state index in [1.165, 1.54) is 12.8 Å². The van der Waals surface area contributed by atoms with E-state index in [1.807, 2.05) is 12.1 Å². The summed E-state index contributed by atoms with van der Waals surface area (Å²) in [6, 6.07) is 12.3. The van der Waals surface area contributed by atoms with Crippen molar-refractivity contribution in [2.24, 2.45) is 0 Å². The number of ether oxygens (including phenoxy) is 1. The Morgan fingerprint density at radius 1 is 1.14 bits per heavy atom. The molecule has 2 aromatic rings. The average molecular weight is 300 g/mol. The summed E-state index contributed by atoms with van der Waals surface area (Å²) in [5.41, 5.74) is 2.15. The molecule has 1 aliphatic heterocycles. The fourth-order valence-electron chi connectivity index (χ4n) is 2.78. The largest absolute Gasteiger partial charge is 0.463 e. The number of furan rings is 1. The summed E-state index contributed by atoms with van der Waals surface area (Å²) in [6.45, 7) is 4.59. The maximum atomic E-state index is 11.6. The minimum Gasteiger partial charge on any atom is -0.463 e. The zero-order valence-electron chi connectivity index (χ0n) is 12.7. The lowest BCUT2D eigenvalue weighted by atomic mass is 10.2. The van der Waals surface area contributed by atoms with E-state index in [-0.39, 0.29) is 0 Å². The molecule has 0 N–H and O–H groups in total. The van der Waals surface area contributed by atoms with Crippen LogP contribution in [-0.4, -0.2) is 44.2 Å². The first-order valence-electron chi connectivity index (χ1n) is 7.45. The number of rotatable bonds is 4. The van der Waals surface area contributed by atoms with Gasteiger partial charge in [0.15, 0.2) is 0 Å². The maximum absolute atomic E-state index is 11.6. The van der Waals surface area contributed by atoms with Crippen molar-refractivity contribution in [3.63, 3.8) is 0 Å². The van der Waals surface area contributed by atoms with Crippen LogP contribution in [0.1, 0.15) is 16.1 Å². The third kappa shape index (κ3) is 3.14. The molecular formula is C17H20N2O3. The van der Waals surface area contributed by atoms with E-state index in [4.69, 9.17) is 9.15 Å². The van der Waals surface area contributed by atoms with Crippen LogP contribution in [0.25, 0.3) is 0 Å². The SMILES string of the molecule is COC(=O)c1occc1CN1CCN(c2ccccc2)CC1. The van der Waals surface area contributed by atoms with Gasteiger partial charge in [0, 0.05) is 44.0 Å². The summed E-state index contributed by atoms with van der Waals surface area (Å²) in [4.78, 5) is 16.3. The van der Waals surface area contributed by atoms with Crippen molar-refractivity contribution in [3.05, 3.63) is 54.0 Å². The molecule has 0 unspecified atom stereocenters. The molecule has 2 heterocycles. The van der Waals surface area contributed by atoms with Crippen LogP contribution >= 0.6 is 0 Å². The first-order chi connectivity index (χ1) is 10.8. The van der Waals surface area contributed by atoms with Crippen LogP contribution in [0.2, 0.25) is 0 Å². The summed E-state index contributed by atoms with van der Waals surface area (Å²) in [5.74, 6) is -0.101. The molecule has 1 fully saturated rings. The Morgan fingerprint density at radius 2 is 1.86 bits per heavy atom. The number of carbonyl (C=O) groups is 1. The highest BCUT2D eigenvalue weighted by Gasteiger charge is 2.21. The highest BCUT2D eigenvalue weighted by Crippen LogP contribution is 2.19. The van der Waals surface area contributed by atoms with E-state index in [2.05, 4.69) is 34.1 Å². The predicted molar refractivity (Wildman–Crippen MR) is 84.0 cm³/mol. The monoisotopic (exact) mass is 300 g/mol. The minimum atomic E-state index is -0.414. The van der Waals surface area contributed by atoms with Crippen LogP contribution in [0.5, 0.6) is 0 Å². The fourth-order valence-corrected chi connectivity index (χ4v) is 2.78. The van der Waals surface area contributed by atoms with Crippen molar-refractivity contribution < 1.29 is 13.9 Å². The van der Waals surface area contributed by atoms with Gasteiger partial charge in [0.25, 0.3) is 0 Å². The molecule has 0 bridgehead atoms. The van der Waals surface area contributed by atoms with Gasteiger partial charge in [-0.3, -0.25) is 4.90 Å². The number of para-hydroxylation sites is 1. The van der Waals surface area contributed by atoms with E-state index < -0.39 is 5.97 Å². The zero-order chi connectivity index (χ0) is 15.4. The van der Waals surface area contributed by atoms with Gasteiger partial charge in [-0.2, -0.15) is 0 Å². The summed E-state index contributed by atoms with van der Waals surface area (Å²) >= 11 is 0. The number of nitrogens with zero attached hydrogens (tertiary/aromatic N) is 2. The van der Waals surface area contributed by atoms with E-state index in [0.29, 0.717) is 12.3 Å². The van der Waals surface area contributed by atoms with Crippen molar-refractivity contribution in [1.82, 2.24) is 4.90 Å². The van der Waals surface area contributed by atoms with Crippen molar-refractivity contribution >= 4 is 11.7 Å². The molecule has 0 aliphatic carbocycles. The van der Waals surface area contributed by atoms with E-state index in [9.17, 15) is 4.79 Å². The van der Waals surface area contributed by atoms with Crippen LogP contribution in [0.4, 0.5) is 5.69 Å². The Labute approximate surface area is 130 Å². The Hall–Kier alpha value is -2.27. The van der Waals surface area contributed by atoms with Gasteiger partial charge in [0.1, 0.15) is 0 Å². The molecular weight excluding hydrogens is 280 g/mol. The predicted octanol–water partition coefficient (Wildman–Crippen LogP) is 2.39. The fraction of sp³-hybridized carbons (Fsp3) is 0.353. The van der Waals surface area contributed by atoms with Crippen LogP contribution in [0, 0.1) is 0 Å². The Morgan fingerprint density at radius 3 is 2.55 bits per heavy atom. The first-order valence-corrected chi connectivity index (χ1v) is 7.45. The molecule has 0 saturated carbocycles. The van der Waals surface area contributed by atoms with Crippen LogP contribution < -0.4 is 4.90 Å². The van der Waals surface area contributed by atoms with Gasteiger partial charge in [-0.05, 0) is 18.2 Å². The number of anilines is 1. The minimum absolute atomic E-state index is 0.313. The summed E-state index contributed by atoms with van der Waals surface area (Å²) in [7, 11) is 1.37. The van der Waals surface area contributed by atoms with Crippen molar-refractivity contribution in [2.75, 3.05) is 38.2 Å². The highest BCUT2D eigenvalue weighted by molar-refractivity contribution is 5.87. The lowest BCUT2D eigenvalue weighted by Gasteiger charge is -2.36. The molecule has 5 heteroatoms.